The molecule has 8 heteroatoms. The van der Waals surface area contributed by atoms with Gasteiger partial charge in [-0.25, -0.2) is 0 Å². The predicted octanol–water partition coefficient (Wildman–Crippen LogP) is 2.21. The summed E-state index contributed by atoms with van der Waals surface area (Å²) >= 11 is 0. The number of anilines is 2. The van der Waals surface area contributed by atoms with Crippen molar-refractivity contribution < 1.29 is 19.1 Å². The van der Waals surface area contributed by atoms with Crippen LogP contribution in [0.5, 0.6) is 0 Å². The van der Waals surface area contributed by atoms with E-state index in [0.29, 0.717) is 35.7 Å². The third-order valence-electron chi connectivity index (χ3n) is 4.19. The first kappa shape index (κ1) is 22.9. The maximum atomic E-state index is 12.3. The van der Waals surface area contributed by atoms with Gasteiger partial charge in [0.15, 0.2) is 0 Å². The van der Waals surface area contributed by atoms with Crippen molar-refractivity contribution in [1.82, 2.24) is 10.2 Å². The number of nitrogens with zero attached hydrogens (tertiary/aromatic N) is 1. The molecule has 3 amide bonds. The summed E-state index contributed by atoms with van der Waals surface area (Å²) in [7, 11) is 4.98. The van der Waals surface area contributed by atoms with E-state index < -0.39 is 0 Å². The summed E-state index contributed by atoms with van der Waals surface area (Å²) < 4.78 is 4.95. The monoisotopic (exact) mass is 412 g/mol. The zero-order chi connectivity index (χ0) is 21.9. The lowest BCUT2D eigenvalue weighted by molar-refractivity contribution is -0.114. The van der Waals surface area contributed by atoms with Crippen LogP contribution in [0.2, 0.25) is 0 Å². The normalized spacial score (nSPS) is 10.2. The molecular weight excluding hydrogens is 384 g/mol. The third-order valence-corrected chi connectivity index (χ3v) is 4.19. The van der Waals surface area contributed by atoms with Crippen LogP contribution in [0, 0.1) is 0 Å². The van der Waals surface area contributed by atoms with Crippen molar-refractivity contribution in [3.8, 4) is 0 Å². The second-order valence-electron chi connectivity index (χ2n) is 6.87. The Morgan fingerprint density at radius 1 is 0.967 bits per heavy atom. The molecule has 0 aliphatic heterocycles. The minimum atomic E-state index is -0.267. The summed E-state index contributed by atoms with van der Waals surface area (Å²) in [6.45, 7) is 1.12. The van der Waals surface area contributed by atoms with Gasteiger partial charge >= 0.3 is 0 Å². The molecule has 0 saturated heterocycles. The van der Waals surface area contributed by atoms with Gasteiger partial charge in [0.05, 0.1) is 6.54 Å². The Labute approximate surface area is 176 Å². The summed E-state index contributed by atoms with van der Waals surface area (Å²) in [4.78, 5) is 38.0. The number of rotatable bonds is 10. The zero-order valence-corrected chi connectivity index (χ0v) is 17.5. The zero-order valence-electron chi connectivity index (χ0n) is 17.5. The van der Waals surface area contributed by atoms with Crippen LogP contribution < -0.4 is 16.0 Å². The van der Waals surface area contributed by atoms with Crippen LogP contribution in [0.15, 0.2) is 48.5 Å². The fourth-order valence-corrected chi connectivity index (χ4v) is 2.67. The lowest BCUT2D eigenvalue weighted by atomic mass is 10.1. The quantitative estimate of drug-likeness (QED) is 0.520. The first-order valence-corrected chi connectivity index (χ1v) is 9.63. The number of benzene rings is 2. The van der Waals surface area contributed by atoms with E-state index in [1.54, 1.807) is 69.7 Å². The Morgan fingerprint density at radius 2 is 1.63 bits per heavy atom. The van der Waals surface area contributed by atoms with Crippen molar-refractivity contribution in [2.24, 2.45) is 0 Å². The molecule has 0 bridgehead atoms. The van der Waals surface area contributed by atoms with E-state index in [1.807, 2.05) is 0 Å². The summed E-state index contributed by atoms with van der Waals surface area (Å²) in [5.74, 6) is -0.583. The number of carbonyl (C=O) groups is 3. The van der Waals surface area contributed by atoms with E-state index in [9.17, 15) is 14.4 Å². The Balaban J connectivity index is 1.89. The maximum Gasteiger partial charge on any atom is 0.253 e. The number of carbonyl (C=O) groups excluding carboxylic acids is 3. The van der Waals surface area contributed by atoms with Crippen molar-refractivity contribution in [1.29, 1.82) is 0 Å². The van der Waals surface area contributed by atoms with Crippen molar-refractivity contribution >= 4 is 29.1 Å². The van der Waals surface area contributed by atoms with E-state index in [0.717, 1.165) is 6.42 Å². The lowest BCUT2D eigenvalue weighted by Gasteiger charge is -2.12. The molecule has 0 aromatic heterocycles. The van der Waals surface area contributed by atoms with Gasteiger partial charge < -0.3 is 25.6 Å². The summed E-state index contributed by atoms with van der Waals surface area (Å²) in [6.07, 6.45) is 0.728. The van der Waals surface area contributed by atoms with Crippen LogP contribution in [0.3, 0.4) is 0 Å². The highest BCUT2D eigenvalue weighted by Crippen LogP contribution is 2.13. The van der Waals surface area contributed by atoms with Gasteiger partial charge in [-0.1, -0.05) is 12.1 Å². The molecule has 2 rings (SSSR count). The molecule has 0 saturated carbocycles. The Kier molecular flexibility index (Phi) is 8.83. The number of hydrogen-bond donors (Lipinski definition) is 3. The summed E-state index contributed by atoms with van der Waals surface area (Å²) in [5, 5.41) is 8.57. The minimum absolute atomic E-state index is 0.0209. The molecule has 30 heavy (non-hydrogen) atoms. The van der Waals surface area contributed by atoms with Gasteiger partial charge in [-0.15, -0.1) is 0 Å². The second kappa shape index (κ2) is 11.6. The molecule has 0 unspecified atom stereocenters. The average molecular weight is 412 g/mol. The standard InChI is InChI=1S/C22H28N4O4/c1-26(2)22(29)17-8-5-9-18(14-17)24-15-20(27)25-19-10-4-7-16(13-19)21(28)23-11-6-12-30-3/h4-5,7-10,13-14,24H,6,11-12,15H2,1-3H3,(H,23,28)(H,25,27). The smallest absolute Gasteiger partial charge is 0.253 e. The molecule has 0 aliphatic rings. The van der Waals surface area contributed by atoms with E-state index in [4.69, 9.17) is 4.74 Å². The van der Waals surface area contributed by atoms with Gasteiger partial charge in [-0.2, -0.15) is 0 Å². The van der Waals surface area contributed by atoms with Gasteiger partial charge in [0.1, 0.15) is 0 Å². The first-order valence-electron chi connectivity index (χ1n) is 9.63. The third kappa shape index (κ3) is 7.21. The van der Waals surface area contributed by atoms with Gasteiger partial charge in [0, 0.05) is 56.9 Å². The highest BCUT2D eigenvalue weighted by Gasteiger charge is 2.10. The second-order valence-corrected chi connectivity index (χ2v) is 6.87. The van der Waals surface area contributed by atoms with Crippen LogP contribution in [-0.4, -0.2) is 63.5 Å². The van der Waals surface area contributed by atoms with Crippen LogP contribution in [0.4, 0.5) is 11.4 Å². The fraction of sp³-hybridized carbons (Fsp3) is 0.318. The predicted molar refractivity (Wildman–Crippen MR) is 117 cm³/mol. The van der Waals surface area contributed by atoms with Crippen molar-refractivity contribution in [2.75, 3.05) is 51.5 Å². The molecule has 0 atom stereocenters. The number of hydrogen-bond acceptors (Lipinski definition) is 5. The van der Waals surface area contributed by atoms with Gasteiger partial charge in [0.2, 0.25) is 5.91 Å². The first-order chi connectivity index (χ1) is 14.4. The van der Waals surface area contributed by atoms with Gasteiger partial charge in [0.25, 0.3) is 11.8 Å². The number of methoxy groups -OCH3 is 1. The van der Waals surface area contributed by atoms with E-state index >= 15 is 0 Å². The highest BCUT2D eigenvalue weighted by atomic mass is 16.5. The number of ether oxygens (including phenoxy) is 1. The van der Waals surface area contributed by atoms with Crippen LogP contribution in [0.25, 0.3) is 0 Å². The van der Waals surface area contributed by atoms with Crippen molar-refractivity contribution in [2.45, 2.75) is 6.42 Å². The van der Waals surface area contributed by atoms with Crippen LogP contribution >= 0.6 is 0 Å². The molecule has 0 aliphatic carbocycles. The van der Waals surface area contributed by atoms with E-state index in [2.05, 4.69) is 16.0 Å². The molecule has 160 valence electrons. The van der Waals surface area contributed by atoms with E-state index in [-0.39, 0.29) is 24.3 Å². The lowest BCUT2D eigenvalue weighted by Crippen LogP contribution is -2.26. The molecule has 2 aromatic carbocycles. The van der Waals surface area contributed by atoms with E-state index in [1.165, 1.54) is 4.90 Å². The van der Waals surface area contributed by atoms with Crippen molar-refractivity contribution in [3.05, 3.63) is 59.7 Å². The Hall–Kier alpha value is -3.39. The topological polar surface area (TPSA) is 99.8 Å². The molecule has 0 spiro atoms. The molecule has 2 aromatic rings. The molecular formula is C22H28N4O4. The molecule has 3 N–H and O–H groups in total. The molecule has 0 fully saturated rings. The SMILES string of the molecule is COCCCNC(=O)c1cccc(NC(=O)CNc2cccc(C(=O)N(C)C)c2)c1. The largest absolute Gasteiger partial charge is 0.385 e. The van der Waals surface area contributed by atoms with Crippen LogP contribution in [0.1, 0.15) is 27.1 Å². The van der Waals surface area contributed by atoms with Crippen molar-refractivity contribution in [3.63, 3.8) is 0 Å². The summed E-state index contributed by atoms with van der Waals surface area (Å²) in [5.41, 5.74) is 2.20. The highest BCUT2D eigenvalue weighted by molar-refractivity contribution is 5.98. The molecule has 0 radical (unpaired) electrons. The number of nitrogens with one attached hydrogen (secondary N) is 3. The van der Waals surface area contributed by atoms with Crippen LogP contribution in [-0.2, 0) is 9.53 Å². The molecule has 8 nitrogen and oxygen atoms in total. The van der Waals surface area contributed by atoms with Gasteiger partial charge in [-0.3, -0.25) is 14.4 Å². The Bertz CT molecular complexity index is 883. The average Bonchev–Trinajstić information content (AvgIpc) is 2.75. The maximum absolute atomic E-state index is 12.3. The number of amides is 3. The Morgan fingerprint density at radius 3 is 2.33 bits per heavy atom. The summed E-state index contributed by atoms with van der Waals surface area (Å²) in [6, 6.07) is 13.7. The minimum Gasteiger partial charge on any atom is -0.385 e. The van der Waals surface area contributed by atoms with Gasteiger partial charge in [-0.05, 0) is 42.8 Å². The molecule has 0 heterocycles. The fourth-order valence-electron chi connectivity index (χ4n) is 2.67.